The van der Waals surface area contributed by atoms with Gasteiger partial charge < -0.3 is 24.6 Å². The maximum atomic E-state index is 9.87. The highest BCUT2D eigenvalue weighted by Gasteiger charge is 2.35. The van der Waals surface area contributed by atoms with Crippen molar-refractivity contribution in [3.63, 3.8) is 0 Å². The Morgan fingerprint density at radius 1 is 1.06 bits per heavy atom. The fraction of sp³-hybridized carbons (Fsp3) is 0.348. The van der Waals surface area contributed by atoms with E-state index >= 15 is 0 Å². The zero-order valence-electron chi connectivity index (χ0n) is 18.1. The van der Waals surface area contributed by atoms with Crippen molar-refractivity contribution in [2.45, 2.75) is 25.2 Å². The van der Waals surface area contributed by atoms with Crippen LogP contribution < -0.4 is 19.5 Å². The van der Waals surface area contributed by atoms with Crippen molar-refractivity contribution in [1.82, 2.24) is 15.0 Å². The summed E-state index contributed by atoms with van der Waals surface area (Å²) in [6, 6.07) is 7.51. The first-order valence-corrected chi connectivity index (χ1v) is 10.0. The molecule has 31 heavy (non-hydrogen) atoms. The standard InChI is InChI=1S/C23H26N4O4/c1-23(13-28)7-5-18-16(23)9-14(12-25-18)17-6-8-24-22(27-17)26-15-10-19(29-2)21(31-4)20(11-15)30-3/h6,8-12,28H,5,7,13H2,1-4H3,(H,24,26,27). The van der Waals surface area contributed by atoms with Gasteiger partial charge in [0.15, 0.2) is 11.5 Å². The number of aryl methyl sites for hydroxylation is 1. The number of methoxy groups -OCH3 is 3. The number of nitrogens with zero attached hydrogens (tertiary/aromatic N) is 3. The van der Waals surface area contributed by atoms with Gasteiger partial charge in [-0.3, -0.25) is 4.98 Å². The third-order valence-corrected chi connectivity index (χ3v) is 5.76. The molecule has 1 aromatic carbocycles. The molecule has 0 saturated heterocycles. The van der Waals surface area contributed by atoms with Gasteiger partial charge in [0.25, 0.3) is 0 Å². The number of fused-ring (bicyclic) bond motifs is 1. The fourth-order valence-electron chi connectivity index (χ4n) is 3.91. The molecule has 1 aliphatic carbocycles. The molecule has 2 aromatic heterocycles. The molecule has 0 radical (unpaired) electrons. The minimum absolute atomic E-state index is 0.100. The lowest BCUT2D eigenvalue weighted by Crippen LogP contribution is -2.23. The molecule has 0 saturated carbocycles. The predicted octanol–water partition coefficient (Wildman–Crippen LogP) is 3.50. The molecule has 0 amide bonds. The van der Waals surface area contributed by atoms with E-state index in [0.717, 1.165) is 35.4 Å². The Morgan fingerprint density at radius 3 is 2.45 bits per heavy atom. The maximum Gasteiger partial charge on any atom is 0.227 e. The van der Waals surface area contributed by atoms with Crippen molar-refractivity contribution >= 4 is 11.6 Å². The van der Waals surface area contributed by atoms with E-state index in [1.165, 1.54) is 0 Å². The van der Waals surface area contributed by atoms with E-state index in [1.807, 2.05) is 12.3 Å². The lowest BCUT2D eigenvalue weighted by atomic mass is 9.85. The number of benzene rings is 1. The number of nitrogens with one attached hydrogen (secondary N) is 1. The van der Waals surface area contributed by atoms with Gasteiger partial charge in [0, 0.05) is 46.9 Å². The number of hydrogen-bond donors (Lipinski definition) is 2. The van der Waals surface area contributed by atoms with Crippen LogP contribution in [0.1, 0.15) is 24.6 Å². The van der Waals surface area contributed by atoms with Gasteiger partial charge in [0.1, 0.15) is 0 Å². The maximum absolute atomic E-state index is 9.87. The lowest BCUT2D eigenvalue weighted by molar-refractivity contribution is 0.206. The topological polar surface area (TPSA) is 98.6 Å². The van der Waals surface area contributed by atoms with E-state index in [2.05, 4.69) is 33.3 Å². The number of ether oxygens (including phenoxy) is 3. The average Bonchev–Trinajstić information content (AvgIpc) is 3.15. The molecule has 4 rings (SSSR count). The summed E-state index contributed by atoms with van der Waals surface area (Å²) in [7, 11) is 4.70. The Labute approximate surface area is 181 Å². The van der Waals surface area contributed by atoms with Gasteiger partial charge in [0.2, 0.25) is 11.7 Å². The van der Waals surface area contributed by atoms with Crippen LogP contribution in [0.15, 0.2) is 36.7 Å². The smallest absolute Gasteiger partial charge is 0.227 e. The third kappa shape index (κ3) is 3.86. The number of aromatic nitrogens is 3. The number of anilines is 2. The molecule has 0 bridgehead atoms. The molecule has 1 unspecified atom stereocenters. The molecule has 2 heterocycles. The van der Waals surface area contributed by atoms with Crippen molar-refractivity contribution in [2.24, 2.45) is 0 Å². The largest absolute Gasteiger partial charge is 0.493 e. The Kier molecular flexibility index (Phi) is 5.65. The molecule has 1 atom stereocenters. The molecule has 0 spiro atoms. The molecule has 162 valence electrons. The number of pyridine rings is 1. The second-order valence-electron chi connectivity index (χ2n) is 7.74. The van der Waals surface area contributed by atoms with Crippen molar-refractivity contribution < 1.29 is 19.3 Å². The normalized spacial score (nSPS) is 17.2. The van der Waals surface area contributed by atoms with Crippen molar-refractivity contribution in [1.29, 1.82) is 0 Å². The Hall–Kier alpha value is -3.39. The summed E-state index contributed by atoms with van der Waals surface area (Å²) >= 11 is 0. The van der Waals surface area contributed by atoms with Crippen molar-refractivity contribution in [3.05, 3.63) is 47.9 Å². The number of rotatable bonds is 7. The average molecular weight is 422 g/mol. The molecule has 8 nitrogen and oxygen atoms in total. The minimum Gasteiger partial charge on any atom is -0.493 e. The Bertz CT molecular complexity index is 1080. The van der Waals surface area contributed by atoms with E-state index in [4.69, 9.17) is 14.2 Å². The zero-order valence-corrected chi connectivity index (χ0v) is 18.1. The van der Waals surface area contributed by atoms with Crippen LogP contribution in [0.4, 0.5) is 11.6 Å². The highest BCUT2D eigenvalue weighted by molar-refractivity contribution is 5.67. The molecule has 2 N–H and O–H groups in total. The van der Waals surface area contributed by atoms with E-state index in [9.17, 15) is 5.11 Å². The van der Waals surface area contributed by atoms with Crippen LogP contribution >= 0.6 is 0 Å². The number of hydrogen-bond acceptors (Lipinski definition) is 8. The van der Waals surface area contributed by atoms with Crippen LogP contribution in [0, 0.1) is 0 Å². The summed E-state index contributed by atoms with van der Waals surface area (Å²) in [5, 5.41) is 13.1. The van der Waals surface area contributed by atoms with E-state index in [0.29, 0.717) is 28.9 Å². The molecule has 8 heteroatoms. The SMILES string of the molecule is COc1cc(Nc2nccc(-c3cnc4c(c3)C(C)(CO)CC4)n2)cc(OC)c1OC. The third-order valence-electron chi connectivity index (χ3n) is 5.76. The Morgan fingerprint density at radius 2 is 1.81 bits per heavy atom. The van der Waals surface area contributed by atoms with Gasteiger partial charge in [-0.15, -0.1) is 0 Å². The highest BCUT2D eigenvalue weighted by Crippen LogP contribution is 2.41. The highest BCUT2D eigenvalue weighted by atomic mass is 16.5. The van der Waals surface area contributed by atoms with Crippen molar-refractivity contribution in [2.75, 3.05) is 33.3 Å². The van der Waals surface area contributed by atoms with Gasteiger partial charge in [-0.25, -0.2) is 9.97 Å². The van der Waals surface area contributed by atoms with Crippen LogP contribution in [-0.4, -0.2) is 48.0 Å². The van der Waals surface area contributed by atoms with Gasteiger partial charge in [-0.2, -0.15) is 0 Å². The second-order valence-corrected chi connectivity index (χ2v) is 7.74. The fourth-order valence-corrected chi connectivity index (χ4v) is 3.91. The summed E-state index contributed by atoms with van der Waals surface area (Å²) in [5.41, 5.74) is 4.20. The monoisotopic (exact) mass is 422 g/mol. The molecule has 3 aromatic rings. The van der Waals surface area contributed by atoms with Gasteiger partial charge in [-0.1, -0.05) is 6.92 Å². The van der Waals surface area contributed by atoms with Gasteiger partial charge in [0.05, 0.1) is 33.6 Å². The van der Waals surface area contributed by atoms with E-state index in [1.54, 1.807) is 39.7 Å². The molecule has 0 fully saturated rings. The summed E-state index contributed by atoms with van der Waals surface area (Å²) in [6.07, 6.45) is 5.30. The quantitative estimate of drug-likeness (QED) is 0.597. The molecular weight excluding hydrogens is 396 g/mol. The first kappa shape index (κ1) is 20.9. The van der Waals surface area contributed by atoms with Crippen LogP contribution in [-0.2, 0) is 11.8 Å². The summed E-state index contributed by atoms with van der Waals surface area (Å²) in [5.74, 6) is 2.01. The summed E-state index contributed by atoms with van der Waals surface area (Å²) < 4.78 is 16.2. The predicted molar refractivity (Wildman–Crippen MR) is 117 cm³/mol. The first-order valence-electron chi connectivity index (χ1n) is 10.0. The Balaban J connectivity index is 1.66. The summed E-state index contributed by atoms with van der Waals surface area (Å²) in [6.45, 7) is 2.17. The molecule has 0 aliphatic heterocycles. The number of aliphatic hydroxyl groups is 1. The van der Waals surface area contributed by atoms with Gasteiger partial charge >= 0.3 is 0 Å². The lowest BCUT2D eigenvalue weighted by Gasteiger charge is -2.22. The number of aliphatic hydroxyl groups excluding tert-OH is 1. The second kappa shape index (κ2) is 8.39. The van der Waals surface area contributed by atoms with E-state index < -0.39 is 0 Å². The van der Waals surface area contributed by atoms with Crippen LogP contribution in [0.2, 0.25) is 0 Å². The van der Waals surface area contributed by atoms with Gasteiger partial charge in [-0.05, 0) is 30.5 Å². The van der Waals surface area contributed by atoms with Crippen LogP contribution in [0.3, 0.4) is 0 Å². The zero-order chi connectivity index (χ0) is 22.0. The molecular formula is C23H26N4O4. The molecule has 1 aliphatic rings. The first-order chi connectivity index (χ1) is 15.0. The summed E-state index contributed by atoms with van der Waals surface area (Å²) in [4.78, 5) is 13.6. The van der Waals surface area contributed by atoms with Crippen molar-refractivity contribution in [3.8, 4) is 28.5 Å². The van der Waals surface area contributed by atoms with Crippen LogP contribution in [0.5, 0.6) is 17.2 Å². The van der Waals surface area contributed by atoms with Crippen LogP contribution in [0.25, 0.3) is 11.3 Å². The van der Waals surface area contributed by atoms with E-state index in [-0.39, 0.29) is 12.0 Å². The minimum atomic E-state index is -0.261.